The summed E-state index contributed by atoms with van der Waals surface area (Å²) in [4.78, 5) is 10.3. The molecule has 5 nitrogen and oxygen atoms in total. The lowest BCUT2D eigenvalue weighted by molar-refractivity contribution is -0.137. The first-order valence-corrected chi connectivity index (χ1v) is 7.09. The van der Waals surface area contributed by atoms with Crippen molar-refractivity contribution in [3.63, 3.8) is 0 Å². The number of hydrogen-bond acceptors (Lipinski definition) is 3. The first-order valence-electron chi connectivity index (χ1n) is 5.48. The number of aliphatic carboxylic acids is 1. The Kier molecular flexibility index (Phi) is 4.32. The molecule has 0 saturated heterocycles. The first kappa shape index (κ1) is 13.4. The molecule has 1 fully saturated rings. The van der Waals surface area contributed by atoms with Crippen LogP contribution in [0.1, 0.15) is 26.2 Å². The van der Waals surface area contributed by atoms with Gasteiger partial charge in [0.2, 0.25) is 10.0 Å². The molecule has 1 saturated carbocycles. The molecule has 1 aliphatic rings. The second-order valence-electron chi connectivity index (χ2n) is 4.57. The number of hydrogen-bond donors (Lipinski definition) is 1. The van der Waals surface area contributed by atoms with E-state index in [1.54, 1.807) is 7.05 Å². The van der Waals surface area contributed by atoms with Gasteiger partial charge >= 0.3 is 5.97 Å². The van der Waals surface area contributed by atoms with E-state index in [0.29, 0.717) is 18.4 Å². The summed E-state index contributed by atoms with van der Waals surface area (Å²) in [5.41, 5.74) is 0. The highest BCUT2D eigenvalue weighted by Gasteiger charge is 2.35. The lowest BCUT2D eigenvalue weighted by Gasteiger charge is -2.16. The van der Waals surface area contributed by atoms with E-state index in [-0.39, 0.29) is 18.6 Å². The Hall–Kier alpha value is -0.620. The van der Waals surface area contributed by atoms with Crippen LogP contribution in [0, 0.1) is 11.8 Å². The van der Waals surface area contributed by atoms with Gasteiger partial charge < -0.3 is 5.11 Å². The number of sulfonamides is 1. The van der Waals surface area contributed by atoms with Crippen LogP contribution in [0.5, 0.6) is 0 Å². The third-order valence-corrected chi connectivity index (χ3v) is 4.94. The predicted octanol–water partition coefficient (Wildman–Crippen LogP) is 0.769. The SMILES string of the molecule is CC1CC1CN(C)S(=O)(=O)CCCC(=O)O. The summed E-state index contributed by atoms with van der Waals surface area (Å²) in [5.74, 6) is 0.0845. The topological polar surface area (TPSA) is 74.7 Å². The molecule has 2 unspecified atom stereocenters. The number of carbonyl (C=O) groups is 1. The van der Waals surface area contributed by atoms with E-state index in [0.717, 1.165) is 6.42 Å². The molecule has 94 valence electrons. The van der Waals surface area contributed by atoms with Gasteiger partial charge in [0.05, 0.1) is 5.75 Å². The summed E-state index contributed by atoms with van der Waals surface area (Å²) < 4.78 is 24.8. The maximum Gasteiger partial charge on any atom is 0.303 e. The van der Waals surface area contributed by atoms with E-state index in [9.17, 15) is 13.2 Å². The van der Waals surface area contributed by atoms with Crippen molar-refractivity contribution < 1.29 is 18.3 Å². The molecule has 16 heavy (non-hydrogen) atoms. The second kappa shape index (κ2) is 5.14. The van der Waals surface area contributed by atoms with Crippen molar-refractivity contribution in [2.24, 2.45) is 11.8 Å². The van der Waals surface area contributed by atoms with Crippen LogP contribution in [-0.4, -0.2) is 43.1 Å². The Morgan fingerprint density at radius 2 is 2.06 bits per heavy atom. The van der Waals surface area contributed by atoms with Gasteiger partial charge in [0.15, 0.2) is 0 Å². The molecule has 0 spiro atoms. The molecule has 2 atom stereocenters. The van der Waals surface area contributed by atoms with Crippen molar-refractivity contribution in [3.05, 3.63) is 0 Å². The third kappa shape index (κ3) is 4.09. The normalized spacial score (nSPS) is 24.7. The molecule has 0 heterocycles. The minimum Gasteiger partial charge on any atom is -0.481 e. The molecule has 1 rings (SSSR count). The van der Waals surface area contributed by atoms with Gasteiger partial charge in [0.25, 0.3) is 0 Å². The van der Waals surface area contributed by atoms with Crippen molar-refractivity contribution in [3.8, 4) is 0 Å². The minimum atomic E-state index is -3.26. The maximum absolute atomic E-state index is 11.7. The quantitative estimate of drug-likeness (QED) is 0.723. The Labute approximate surface area is 96.5 Å². The molecular formula is C10H19NO4S. The molecule has 1 N–H and O–H groups in total. The average molecular weight is 249 g/mol. The standard InChI is InChI=1S/C10H19NO4S/c1-8-6-9(8)7-11(2)16(14,15)5-3-4-10(12)13/h8-9H,3-7H2,1-2H3,(H,12,13). The predicted molar refractivity (Wildman–Crippen MR) is 60.6 cm³/mol. The van der Waals surface area contributed by atoms with Crippen LogP contribution in [0.4, 0.5) is 0 Å². The van der Waals surface area contributed by atoms with E-state index < -0.39 is 16.0 Å². The molecule has 1 aliphatic carbocycles. The van der Waals surface area contributed by atoms with Crippen molar-refractivity contribution in [2.45, 2.75) is 26.2 Å². The summed E-state index contributed by atoms with van der Waals surface area (Å²) in [5, 5.41) is 8.43. The van der Waals surface area contributed by atoms with Crippen molar-refractivity contribution in [1.82, 2.24) is 4.31 Å². The Bertz CT molecular complexity index is 352. The Morgan fingerprint density at radius 3 is 2.50 bits per heavy atom. The van der Waals surface area contributed by atoms with E-state index >= 15 is 0 Å². The van der Waals surface area contributed by atoms with Crippen LogP contribution in [-0.2, 0) is 14.8 Å². The molecule has 0 aromatic rings. The summed E-state index contributed by atoms with van der Waals surface area (Å²) in [6.45, 7) is 2.67. The van der Waals surface area contributed by atoms with E-state index in [2.05, 4.69) is 6.92 Å². The van der Waals surface area contributed by atoms with Crippen LogP contribution >= 0.6 is 0 Å². The van der Waals surface area contributed by atoms with Gasteiger partial charge in [-0.2, -0.15) is 0 Å². The number of carboxylic acid groups (broad SMARTS) is 1. The van der Waals surface area contributed by atoms with Gasteiger partial charge in [0, 0.05) is 20.0 Å². The van der Waals surface area contributed by atoms with Crippen LogP contribution in [0.3, 0.4) is 0 Å². The van der Waals surface area contributed by atoms with E-state index in [4.69, 9.17) is 5.11 Å². The fourth-order valence-electron chi connectivity index (χ4n) is 1.66. The molecule has 0 aromatic carbocycles. The van der Waals surface area contributed by atoms with Crippen LogP contribution < -0.4 is 0 Å². The highest BCUT2D eigenvalue weighted by atomic mass is 32.2. The van der Waals surface area contributed by atoms with Gasteiger partial charge in [-0.05, 0) is 24.7 Å². The highest BCUT2D eigenvalue weighted by Crippen LogP contribution is 2.38. The summed E-state index contributed by atoms with van der Waals surface area (Å²) in [7, 11) is -1.69. The van der Waals surface area contributed by atoms with Gasteiger partial charge in [-0.3, -0.25) is 4.79 Å². The molecule has 6 heteroatoms. The zero-order valence-corrected chi connectivity index (χ0v) is 10.5. The molecule has 0 aromatic heterocycles. The summed E-state index contributed by atoms with van der Waals surface area (Å²) in [6, 6.07) is 0. The highest BCUT2D eigenvalue weighted by molar-refractivity contribution is 7.89. The Morgan fingerprint density at radius 1 is 1.50 bits per heavy atom. The van der Waals surface area contributed by atoms with Gasteiger partial charge in [-0.25, -0.2) is 12.7 Å². The molecular weight excluding hydrogens is 230 g/mol. The van der Waals surface area contributed by atoms with Crippen LogP contribution in [0.2, 0.25) is 0 Å². The molecule has 0 amide bonds. The van der Waals surface area contributed by atoms with E-state index in [1.165, 1.54) is 4.31 Å². The fraction of sp³-hybridized carbons (Fsp3) is 0.900. The van der Waals surface area contributed by atoms with Crippen molar-refractivity contribution >= 4 is 16.0 Å². The smallest absolute Gasteiger partial charge is 0.303 e. The average Bonchev–Trinajstić information content (AvgIpc) is 2.80. The zero-order valence-electron chi connectivity index (χ0n) is 9.72. The lowest BCUT2D eigenvalue weighted by atomic mass is 10.3. The molecule has 0 radical (unpaired) electrons. The Balaban J connectivity index is 2.34. The number of rotatable bonds is 7. The minimum absolute atomic E-state index is 0.0725. The largest absolute Gasteiger partial charge is 0.481 e. The third-order valence-electron chi connectivity index (χ3n) is 3.04. The molecule has 0 bridgehead atoms. The maximum atomic E-state index is 11.7. The summed E-state index contributed by atoms with van der Waals surface area (Å²) >= 11 is 0. The van der Waals surface area contributed by atoms with Crippen molar-refractivity contribution in [2.75, 3.05) is 19.3 Å². The van der Waals surface area contributed by atoms with Crippen LogP contribution in [0.15, 0.2) is 0 Å². The fourth-order valence-corrected chi connectivity index (χ4v) is 2.90. The van der Waals surface area contributed by atoms with Crippen molar-refractivity contribution in [1.29, 1.82) is 0 Å². The lowest BCUT2D eigenvalue weighted by Crippen LogP contribution is -2.31. The first-order chi connectivity index (χ1) is 7.33. The summed E-state index contributed by atoms with van der Waals surface area (Å²) in [6.07, 6.45) is 1.18. The van der Waals surface area contributed by atoms with Crippen LogP contribution in [0.25, 0.3) is 0 Å². The van der Waals surface area contributed by atoms with Gasteiger partial charge in [-0.15, -0.1) is 0 Å². The second-order valence-corrected chi connectivity index (χ2v) is 6.76. The van der Waals surface area contributed by atoms with Gasteiger partial charge in [0.1, 0.15) is 0 Å². The number of nitrogens with zero attached hydrogens (tertiary/aromatic N) is 1. The monoisotopic (exact) mass is 249 g/mol. The number of carboxylic acids is 1. The van der Waals surface area contributed by atoms with Gasteiger partial charge in [-0.1, -0.05) is 6.92 Å². The molecule has 0 aliphatic heterocycles. The van der Waals surface area contributed by atoms with E-state index in [1.807, 2.05) is 0 Å². The zero-order chi connectivity index (χ0) is 12.3.